The maximum Gasteiger partial charge on any atom is 0.227 e. The SMILES string of the molecule is Cc1ccccc1CNC(=O)C1COCC1N. The molecule has 2 atom stereocenters. The molecule has 4 nitrogen and oxygen atoms in total. The number of aryl methyl sites for hydroxylation is 1. The standard InChI is InChI=1S/C13H18N2O2/c1-9-4-2-3-5-10(9)6-15-13(16)11-7-17-8-12(11)14/h2-5,11-12H,6-8,14H2,1H3,(H,15,16). The highest BCUT2D eigenvalue weighted by molar-refractivity contribution is 5.79. The van der Waals surface area contributed by atoms with E-state index in [0.29, 0.717) is 19.8 Å². The van der Waals surface area contributed by atoms with Crippen LogP contribution in [-0.2, 0) is 16.1 Å². The third-order valence-electron chi connectivity index (χ3n) is 3.18. The first-order valence-corrected chi connectivity index (χ1v) is 5.84. The lowest BCUT2D eigenvalue weighted by molar-refractivity contribution is -0.125. The third-order valence-corrected chi connectivity index (χ3v) is 3.18. The van der Waals surface area contributed by atoms with Gasteiger partial charge < -0.3 is 15.8 Å². The maximum absolute atomic E-state index is 11.9. The molecular weight excluding hydrogens is 216 g/mol. The second-order valence-electron chi connectivity index (χ2n) is 4.45. The summed E-state index contributed by atoms with van der Waals surface area (Å²) in [6, 6.07) is 7.83. The highest BCUT2D eigenvalue weighted by Gasteiger charge is 2.30. The number of benzene rings is 1. The van der Waals surface area contributed by atoms with Gasteiger partial charge in [0.05, 0.1) is 19.1 Å². The van der Waals surface area contributed by atoms with E-state index < -0.39 is 0 Å². The van der Waals surface area contributed by atoms with Crippen LogP contribution in [0.3, 0.4) is 0 Å². The number of hydrogen-bond acceptors (Lipinski definition) is 3. The van der Waals surface area contributed by atoms with Gasteiger partial charge in [0.25, 0.3) is 0 Å². The van der Waals surface area contributed by atoms with E-state index in [4.69, 9.17) is 10.5 Å². The van der Waals surface area contributed by atoms with E-state index in [1.807, 2.05) is 31.2 Å². The predicted octanol–water partition coefficient (Wildman–Crippen LogP) is 0.585. The summed E-state index contributed by atoms with van der Waals surface area (Å²) in [4.78, 5) is 11.9. The first-order valence-electron chi connectivity index (χ1n) is 5.84. The predicted molar refractivity (Wildman–Crippen MR) is 65.3 cm³/mol. The van der Waals surface area contributed by atoms with Gasteiger partial charge in [-0.15, -0.1) is 0 Å². The number of carbonyl (C=O) groups excluding carboxylic acids is 1. The van der Waals surface area contributed by atoms with Crippen molar-refractivity contribution in [3.63, 3.8) is 0 Å². The Morgan fingerprint density at radius 1 is 1.47 bits per heavy atom. The molecule has 1 aliphatic rings. The molecule has 4 heteroatoms. The Kier molecular flexibility index (Phi) is 3.76. The van der Waals surface area contributed by atoms with Gasteiger partial charge in [-0.05, 0) is 18.1 Å². The van der Waals surface area contributed by atoms with Crippen LogP contribution in [0.1, 0.15) is 11.1 Å². The summed E-state index contributed by atoms with van der Waals surface area (Å²) >= 11 is 0. The minimum atomic E-state index is -0.209. The van der Waals surface area contributed by atoms with Gasteiger partial charge in [0.15, 0.2) is 0 Å². The first kappa shape index (κ1) is 12.1. The molecule has 3 N–H and O–H groups in total. The summed E-state index contributed by atoms with van der Waals surface area (Å²) in [5, 5.41) is 2.91. The van der Waals surface area contributed by atoms with E-state index in [1.165, 1.54) is 5.56 Å². The zero-order valence-corrected chi connectivity index (χ0v) is 9.98. The molecular formula is C13H18N2O2. The van der Waals surface area contributed by atoms with E-state index >= 15 is 0 Å². The van der Waals surface area contributed by atoms with Crippen molar-refractivity contribution in [3.8, 4) is 0 Å². The zero-order valence-electron chi connectivity index (χ0n) is 9.98. The summed E-state index contributed by atoms with van der Waals surface area (Å²) in [6.45, 7) is 3.49. The molecule has 1 saturated heterocycles. The van der Waals surface area contributed by atoms with Crippen LogP contribution in [0.25, 0.3) is 0 Å². The van der Waals surface area contributed by atoms with E-state index in [9.17, 15) is 4.79 Å². The molecule has 0 radical (unpaired) electrons. The number of amides is 1. The lowest BCUT2D eigenvalue weighted by Gasteiger charge is -2.14. The molecule has 0 aliphatic carbocycles. The largest absolute Gasteiger partial charge is 0.379 e. The van der Waals surface area contributed by atoms with E-state index in [-0.39, 0.29) is 17.9 Å². The second-order valence-corrected chi connectivity index (χ2v) is 4.45. The van der Waals surface area contributed by atoms with Gasteiger partial charge in [-0.2, -0.15) is 0 Å². The molecule has 1 aliphatic heterocycles. The Labute approximate surface area is 101 Å². The van der Waals surface area contributed by atoms with E-state index in [2.05, 4.69) is 5.32 Å². The molecule has 17 heavy (non-hydrogen) atoms. The van der Waals surface area contributed by atoms with Crippen molar-refractivity contribution < 1.29 is 9.53 Å². The van der Waals surface area contributed by atoms with Gasteiger partial charge in [0.1, 0.15) is 0 Å². The molecule has 92 valence electrons. The van der Waals surface area contributed by atoms with Crippen molar-refractivity contribution >= 4 is 5.91 Å². The fourth-order valence-corrected chi connectivity index (χ4v) is 1.96. The molecule has 1 aromatic carbocycles. The minimum absolute atomic E-state index is 0.0155. The van der Waals surface area contributed by atoms with Crippen LogP contribution in [0.2, 0.25) is 0 Å². The summed E-state index contributed by atoms with van der Waals surface area (Å²) in [7, 11) is 0. The van der Waals surface area contributed by atoms with Crippen LogP contribution >= 0.6 is 0 Å². The molecule has 0 spiro atoms. The highest BCUT2D eigenvalue weighted by Crippen LogP contribution is 2.12. The van der Waals surface area contributed by atoms with Crippen molar-refractivity contribution in [2.75, 3.05) is 13.2 Å². The monoisotopic (exact) mass is 234 g/mol. The van der Waals surface area contributed by atoms with Crippen LogP contribution < -0.4 is 11.1 Å². The van der Waals surface area contributed by atoms with Crippen LogP contribution in [0.15, 0.2) is 24.3 Å². The van der Waals surface area contributed by atoms with Gasteiger partial charge in [0, 0.05) is 12.6 Å². The summed E-state index contributed by atoms with van der Waals surface area (Å²) in [5.74, 6) is -0.225. The zero-order chi connectivity index (χ0) is 12.3. The van der Waals surface area contributed by atoms with Crippen LogP contribution in [-0.4, -0.2) is 25.2 Å². The fraction of sp³-hybridized carbons (Fsp3) is 0.462. The van der Waals surface area contributed by atoms with E-state index in [1.54, 1.807) is 0 Å². The van der Waals surface area contributed by atoms with Crippen molar-refractivity contribution in [3.05, 3.63) is 35.4 Å². The third kappa shape index (κ3) is 2.84. The van der Waals surface area contributed by atoms with Gasteiger partial charge in [0.2, 0.25) is 5.91 Å². The number of hydrogen-bond donors (Lipinski definition) is 2. The summed E-state index contributed by atoms with van der Waals surface area (Å²) in [5.41, 5.74) is 8.11. The van der Waals surface area contributed by atoms with Gasteiger partial charge in [-0.1, -0.05) is 24.3 Å². The van der Waals surface area contributed by atoms with Crippen molar-refractivity contribution in [2.45, 2.75) is 19.5 Å². The quantitative estimate of drug-likeness (QED) is 0.804. The van der Waals surface area contributed by atoms with Gasteiger partial charge in [-0.3, -0.25) is 4.79 Å². The van der Waals surface area contributed by atoms with Crippen molar-refractivity contribution in [1.82, 2.24) is 5.32 Å². The van der Waals surface area contributed by atoms with Crippen LogP contribution in [0, 0.1) is 12.8 Å². The van der Waals surface area contributed by atoms with Gasteiger partial charge >= 0.3 is 0 Å². The van der Waals surface area contributed by atoms with Crippen LogP contribution in [0.4, 0.5) is 0 Å². The van der Waals surface area contributed by atoms with Gasteiger partial charge in [-0.25, -0.2) is 0 Å². The van der Waals surface area contributed by atoms with Crippen LogP contribution in [0.5, 0.6) is 0 Å². The normalized spacial score (nSPS) is 23.6. The number of carbonyl (C=O) groups is 1. The maximum atomic E-state index is 11.9. The number of ether oxygens (including phenoxy) is 1. The number of rotatable bonds is 3. The number of nitrogens with two attached hydrogens (primary N) is 1. The molecule has 0 aromatic heterocycles. The number of nitrogens with one attached hydrogen (secondary N) is 1. The fourth-order valence-electron chi connectivity index (χ4n) is 1.96. The first-order chi connectivity index (χ1) is 8.18. The Bertz CT molecular complexity index is 406. The molecule has 0 saturated carbocycles. The molecule has 1 aromatic rings. The molecule has 2 rings (SSSR count). The highest BCUT2D eigenvalue weighted by atomic mass is 16.5. The molecule has 1 amide bonds. The Morgan fingerprint density at radius 2 is 2.24 bits per heavy atom. The molecule has 1 heterocycles. The van der Waals surface area contributed by atoms with Crippen molar-refractivity contribution in [1.29, 1.82) is 0 Å². The van der Waals surface area contributed by atoms with Crippen molar-refractivity contribution in [2.24, 2.45) is 11.7 Å². The lowest BCUT2D eigenvalue weighted by Crippen LogP contribution is -2.40. The molecule has 0 bridgehead atoms. The Balaban J connectivity index is 1.90. The summed E-state index contributed by atoms with van der Waals surface area (Å²) in [6.07, 6.45) is 0. The topological polar surface area (TPSA) is 64.3 Å². The lowest BCUT2D eigenvalue weighted by atomic mass is 10.0. The minimum Gasteiger partial charge on any atom is -0.379 e. The Morgan fingerprint density at radius 3 is 2.88 bits per heavy atom. The second kappa shape index (κ2) is 5.29. The Hall–Kier alpha value is -1.39. The van der Waals surface area contributed by atoms with E-state index in [0.717, 1.165) is 5.56 Å². The molecule has 2 unspecified atom stereocenters. The smallest absolute Gasteiger partial charge is 0.227 e. The molecule has 1 fully saturated rings. The average Bonchev–Trinajstić information content (AvgIpc) is 2.74. The summed E-state index contributed by atoms with van der Waals surface area (Å²) < 4.78 is 5.18. The average molecular weight is 234 g/mol.